The summed E-state index contributed by atoms with van der Waals surface area (Å²) >= 11 is 0. The van der Waals surface area contributed by atoms with E-state index < -0.39 is 120 Å². The number of hydrogen-bond donors (Lipinski definition) is 9. The van der Waals surface area contributed by atoms with E-state index in [0.717, 1.165) is 35.5 Å². The number of carbonyl (C=O) groups is 9. The van der Waals surface area contributed by atoms with Gasteiger partial charge in [0.1, 0.15) is 66.1 Å². The lowest BCUT2D eigenvalue weighted by molar-refractivity contribution is -0.166. The van der Waals surface area contributed by atoms with E-state index in [4.69, 9.17) is 4.74 Å². The molecule has 0 aromatic heterocycles. The largest absolute Gasteiger partial charge is 0.508 e. The van der Waals surface area contributed by atoms with E-state index in [0.29, 0.717) is 17.5 Å². The van der Waals surface area contributed by atoms with E-state index in [-0.39, 0.29) is 62.4 Å². The van der Waals surface area contributed by atoms with Crippen molar-refractivity contribution in [3.63, 3.8) is 0 Å². The van der Waals surface area contributed by atoms with Crippen LogP contribution in [0.2, 0.25) is 0 Å². The maximum atomic E-state index is 14.9. The third-order valence-corrected chi connectivity index (χ3v) is 13.1. The molecule has 2 saturated heterocycles. The number of cyclic esters (lactones) is 1. The van der Waals surface area contributed by atoms with E-state index in [1.807, 2.05) is 6.92 Å². The van der Waals surface area contributed by atoms with Crippen molar-refractivity contribution in [2.75, 3.05) is 7.05 Å². The molecule has 402 valence electrons. The molecule has 4 rings (SSSR count). The number of likely N-dealkylation sites (N-methyl/N-ethyl adjacent to an activating group) is 1. The molecule has 9 N–H and O–H groups in total. The molecule has 21 nitrogen and oxygen atoms in total. The van der Waals surface area contributed by atoms with Crippen LogP contribution in [0.25, 0.3) is 0 Å². The number of esters is 1. The molecule has 1 unspecified atom stereocenters. The summed E-state index contributed by atoms with van der Waals surface area (Å²) in [5.41, 5.74) is 0.930. The topological polar surface area (TPSA) is 310 Å². The first-order valence-electron chi connectivity index (χ1n) is 25.3. The number of benzene rings is 2. The number of nitrogens with zero attached hydrogens (tertiary/aromatic N) is 2. The number of unbranched alkanes of at least 4 members (excludes halogenated alkanes) is 4. The summed E-state index contributed by atoms with van der Waals surface area (Å²) in [7, 11) is 1.35. The molecule has 7 amide bonds. The summed E-state index contributed by atoms with van der Waals surface area (Å²) in [5.74, 6) is -9.35. The van der Waals surface area contributed by atoms with Gasteiger partial charge in [-0.3, -0.25) is 38.4 Å². The number of aromatic hydroxyl groups is 2. The SMILES string of the molecule is CCCCCCCC(=O)N[C@@H](CCC(=O)O)C(=O)N[C@@H]1C(=O)N[C@@H](Cc2ccc(O)cc2)C(=O)N[C@H]2CC[C@@H](O)N(C2=O)[C@@H](CC(C)C)C(=O)N(C)[C@@H](Cc2ccc(O)cc2)C(=O)NC(C(C)C)C(=O)O[C@@H]1C. The number of amides is 7. The van der Waals surface area contributed by atoms with Crippen molar-refractivity contribution >= 4 is 53.3 Å². The quantitative estimate of drug-likeness (QED) is 0.0721. The zero-order valence-corrected chi connectivity index (χ0v) is 42.9. The highest BCUT2D eigenvalue weighted by molar-refractivity contribution is 5.98. The fraction of sp³-hybridized carbons (Fsp3) is 0.596. The number of aliphatic hydroxyl groups excluding tert-OH is 1. The Labute approximate surface area is 426 Å². The number of nitrogens with one attached hydrogen (secondary N) is 5. The Morgan fingerprint density at radius 3 is 1.93 bits per heavy atom. The van der Waals surface area contributed by atoms with Crippen molar-refractivity contribution in [1.82, 2.24) is 36.4 Å². The van der Waals surface area contributed by atoms with E-state index in [2.05, 4.69) is 26.6 Å². The van der Waals surface area contributed by atoms with E-state index in [9.17, 15) is 63.6 Å². The highest BCUT2D eigenvalue weighted by Gasteiger charge is 2.46. The Hall–Kier alpha value is -6.77. The molecular formula is C52H75N7O14. The molecule has 2 aromatic rings. The normalized spacial score (nSPS) is 24.1. The van der Waals surface area contributed by atoms with Crippen LogP contribution in [0.4, 0.5) is 0 Å². The van der Waals surface area contributed by atoms with Gasteiger partial charge < -0.3 is 61.5 Å². The molecule has 21 heteroatoms. The minimum absolute atomic E-state index is 0.0194. The van der Waals surface area contributed by atoms with Crippen LogP contribution >= 0.6 is 0 Å². The lowest BCUT2D eigenvalue weighted by atomic mass is 9.94. The van der Waals surface area contributed by atoms with Crippen LogP contribution < -0.4 is 26.6 Å². The number of carbonyl (C=O) groups excluding carboxylic acids is 8. The molecule has 73 heavy (non-hydrogen) atoms. The first kappa shape index (κ1) is 58.8. The average Bonchev–Trinajstić information content (AvgIpc) is 3.33. The number of carboxylic acids is 1. The van der Waals surface area contributed by atoms with E-state index in [1.165, 1.54) is 50.4 Å². The molecule has 9 atom stereocenters. The lowest BCUT2D eigenvalue weighted by Crippen LogP contribution is -2.65. The van der Waals surface area contributed by atoms with Gasteiger partial charge in [-0.15, -0.1) is 0 Å². The molecular weight excluding hydrogens is 947 g/mol. The summed E-state index contributed by atoms with van der Waals surface area (Å²) in [5, 5.41) is 54.2. The van der Waals surface area contributed by atoms with Crippen LogP contribution in [0, 0.1) is 11.8 Å². The van der Waals surface area contributed by atoms with Gasteiger partial charge in [-0.25, -0.2) is 4.79 Å². The molecule has 2 aliphatic heterocycles. The molecule has 2 heterocycles. The molecule has 2 fully saturated rings. The number of fused-ring (bicyclic) bond motifs is 2. The zero-order chi connectivity index (χ0) is 54.1. The zero-order valence-electron chi connectivity index (χ0n) is 42.9. The molecule has 2 aliphatic rings. The van der Waals surface area contributed by atoms with Gasteiger partial charge in [0.15, 0.2) is 0 Å². The second-order valence-electron chi connectivity index (χ2n) is 19.9. The van der Waals surface area contributed by atoms with Gasteiger partial charge in [0, 0.05) is 32.7 Å². The maximum Gasteiger partial charge on any atom is 0.329 e. The van der Waals surface area contributed by atoms with Gasteiger partial charge in [-0.05, 0) is 86.3 Å². The molecule has 0 spiro atoms. The lowest BCUT2D eigenvalue weighted by Gasteiger charge is -2.43. The average molecular weight is 1020 g/mol. The number of phenolic OH excluding ortho intramolecular Hbond substituents is 2. The van der Waals surface area contributed by atoms with Crippen molar-refractivity contribution in [2.45, 2.75) is 180 Å². The van der Waals surface area contributed by atoms with Crippen LogP contribution in [0.3, 0.4) is 0 Å². The van der Waals surface area contributed by atoms with Crippen molar-refractivity contribution < 1.29 is 68.3 Å². The Kier molecular flexibility index (Phi) is 22.5. The number of piperidine rings is 1. The number of hydrogen-bond acceptors (Lipinski definition) is 13. The van der Waals surface area contributed by atoms with Crippen molar-refractivity contribution in [2.24, 2.45) is 11.8 Å². The second-order valence-corrected chi connectivity index (χ2v) is 19.9. The number of aliphatic hydroxyl groups is 1. The first-order chi connectivity index (χ1) is 34.5. The van der Waals surface area contributed by atoms with Crippen LogP contribution in [0.5, 0.6) is 11.5 Å². The Morgan fingerprint density at radius 1 is 0.753 bits per heavy atom. The van der Waals surface area contributed by atoms with Crippen molar-refractivity contribution in [1.29, 1.82) is 0 Å². The number of carboxylic acid groups (broad SMARTS) is 1. The number of rotatable bonds is 19. The Balaban J connectivity index is 1.86. The van der Waals surface area contributed by atoms with Crippen molar-refractivity contribution in [3.05, 3.63) is 59.7 Å². The standard InChI is InChI=1S/C52H75N7O14/c1-8-9-10-11-12-13-41(62)53-36(23-25-43(64)65)46(66)57-45-31(6)73-52(72)44(30(4)5)56-48(68)39(28-33-16-20-35(61)21-17-33)58(7)51(71)40(26-29(2)3)59-42(63)24-22-37(50(59)70)54-47(67)38(55-49(45)69)27-32-14-18-34(60)19-15-32/h14-21,29-31,36-40,42,44-45,60-61,63H,8-13,22-28H2,1-7H3,(H,53,62)(H,54,67)(H,55,69)(H,56,68)(H,57,66)(H,64,65)/t31-,36+,37+,38+,39+,40+,42-,44?,45+/m1/s1. The van der Waals surface area contributed by atoms with E-state index in [1.54, 1.807) is 39.8 Å². The van der Waals surface area contributed by atoms with E-state index >= 15 is 0 Å². The summed E-state index contributed by atoms with van der Waals surface area (Å²) in [6, 6.07) is 1.18. The molecule has 2 bridgehead atoms. The predicted octanol–water partition coefficient (Wildman–Crippen LogP) is 2.32. The first-order valence-corrected chi connectivity index (χ1v) is 25.3. The summed E-state index contributed by atoms with van der Waals surface area (Å²) < 4.78 is 5.89. The van der Waals surface area contributed by atoms with Crippen LogP contribution in [0.1, 0.15) is 123 Å². The fourth-order valence-electron chi connectivity index (χ4n) is 8.85. The van der Waals surface area contributed by atoms with Gasteiger partial charge in [-0.1, -0.05) is 84.6 Å². The van der Waals surface area contributed by atoms with Crippen LogP contribution in [-0.4, -0.2) is 145 Å². The number of phenols is 2. The molecule has 0 aliphatic carbocycles. The van der Waals surface area contributed by atoms with Crippen molar-refractivity contribution in [3.8, 4) is 11.5 Å². The molecule has 2 aromatic carbocycles. The maximum absolute atomic E-state index is 14.9. The van der Waals surface area contributed by atoms with Crippen LogP contribution in [0.15, 0.2) is 48.5 Å². The number of ether oxygens (including phenoxy) is 1. The minimum atomic E-state index is -1.85. The molecule has 0 saturated carbocycles. The smallest absolute Gasteiger partial charge is 0.329 e. The monoisotopic (exact) mass is 1020 g/mol. The summed E-state index contributed by atoms with van der Waals surface area (Å²) in [6.07, 6.45) is -0.457. The second kappa shape index (κ2) is 27.9. The summed E-state index contributed by atoms with van der Waals surface area (Å²) in [4.78, 5) is 129. The van der Waals surface area contributed by atoms with Gasteiger partial charge in [0.05, 0.1) is 0 Å². The third-order valence-electron chi connectivity index (χ3n) is 13.1. The highest BCUT2D eigenvalue weighted by atomic mass is 16.5. The van der Waals surface area contributed by atoms with Gasteiger partial charge in [-0.2, -0.15) is 0 Å². The highest BCUT2D eigenvalue weighted by Crippen LogP contribution is 2.27. The van der Waals surface area contributed by atoms with Gasteiger partial charge >= 0.3 is 11.9 Å². The molecule has 0 radical (unpaired) electrons. The fourth-order valence-corrected chi connectivity index (χ4v) is 8.85. The Bertz CT molecular complexity index is 2240. The van der Waals surface area contributed by atoms with Gasteiger partial charge in [0.2, 0.25) is 41.4 Å². The third kappa shape index (κ3) is 17.5. The van der Waals surface area contributed by atoms with Gasteiger partial charge in [0.25, 0.3) is 0 Å². The van der Waals surface area contributed by atoms with Crippen LogP contribution in [-0.2, 0) is 60.7 Å². The Morgan fingerprint density at radius 2 is 1.36 bits per heavy atom. The minimum Gasteiger partial charge on any atom is -0.508 e. The summed E-state index contributed by atoms with van der Waals surface area (Å²) in [6.45, 7) is 10.1. The number of aliphatic carboxylic acids is 1. The predicted molar refractivity (Wildman–Crippen MR) is 266 cm³/mol.